The fraction of sp³-hybridized carbons (Fsp3) is 0.909. The Morgan fingerprint density at radius 1 is 1.33 bits per heavy atom. The second-order valence-electron chi connectivity index (χ2n) is 4.99. The minimum absolute atomic E-state index is 0.0418. The number of rotatable bonds is 5. The average Bonchev–Trinajstić information content (AvgIpc) is 2.12. The molecule has 0 saturated heterocycles. The largest absolute Gasteiger partial charge is 0.444 e. The van der Waals surface area contributed by atoms with Gasteiger partial charge in [-0.05, 0) is 33.6 Å². The van der Waals surface area contributed by atoms with E-state index >= 15 is 0 Å². The smallest absolute Gasteiger partial charge is 0.407 e. The van der Waals surface area contributed by atoms with Crippen molar-refractivity contribution in [2.45, 2.75) is 45.4 Å². The van der Waals surface area contributed by atoms with Crippen LogP contribution < -0.4 is 5.32 Å². The first kappa shape index (κ1) is 17.0. The first-order valence-electron chi connectivity index (χ1n) is 5.70. The minimum Gasteiger partial charge on any atom is -0.444 e. The van der Waals surface area contributed by atoms with E-state index in [2.05, 4.69) is 5.32 Å². The monoisotopic (exact) mass is 271 g/mol. The number of carbonyl (C=O) groups excluding carboxylic acids is 1. The van der Waals surface area contributed by atoms with Crippen LogP contribution in [-0.2, 0) is 4.74 Å². The number of hydrogen-bond donors (Lipinski definition) is 2. The van der Waals surface area contributed by atoms with Gasteiger partial charge in [-0.3, -0.25) is 0 Å². The molecule has 0 aliphatic heterocycles. The van der Waals surface area contributed by atoms with Crippen LogP contribution in [0.15, 0.2) is 0 Å². The van der Waals surface area contributed by atoms with Gasteiger partial charge in [-0.1, -0.05) is 0 Å². The van der Waals surface area contributed by atoms with E-state index in [0.29, 0.717) is 0 Å². The highest BCUT2D eigenvalue weighted by molar-refractivity contribution is 5.67. The van der Waals surface area contributed by atoms with Gasteiger partial charge in [-0.15, -0.1) is 0 Å². The molecule has 4 nitrogen and oxygen atoms in total. The summed E-state index contributed by atoms with van der Waals surface area (Å²) in [7, 11) is 0. The van der Waals surface area contributed by atoms with Gasteiger partial charge in [0, 0.05) is 13.2 Å². The molecule has 0 aromatic rings. The van der Waals surface area contributed by atoms with Gasteiger partial charge in [0.15, 0.2) is 0 Å². The highest BCUT2D eigenvalue weighted by atomic mass is 19.4. The molecule has 0 aliphatic rings. The molecule has 0 aromatic heterocycles. The Bertz CT molecular complexity index is 261. The van der Waals surface area contributed by atoms with Crippen molar-refractivity contribution in [2.24, 2.45) is 5.92 Å². The topological polar surface area (TPSA) is 58.6 Å². The second kappa shape index (κ2) is 6.82. The van der Waals surface area contributed by atoms with Crippen molar-refractivity contribution in [3.8, 4) is 0 Å². The molecule has 0 fully saturated rings. The molecule has 0 saturated carbocycles. The van der Waals surface area contributed by atoms with E-state index in [0.717, 1.165) is 0 Å². The number of aliphatic hydroxyl groups excluding tert-OH is 1. The molecule has 2 N–H and O–H groups in total. The first-order chi connectivity index (χ1) is 8.06. The third-order valence-electron chi connectivity index (χ3n) is 2.07. The number of carbonyl (C=O) groups is 1. The van der Waals surface area contributed by atoms with Crippen molar-refractivity contribution in [1.82, 2.24) is 5.32 Å². The summed E-state index contributed by atoms with van der Waals surface area (Å²) in [4.78, 5) is 11.2. The van der Waals surface area contributed by atoms with Crippen LogP contribution in [-0.4, -0.2) is 36.1 Å². The predicted molar refractivity (Wildman–Crippen MR) is 60.1 cm³/mol. The Hall–Kier alpha value is -0.980. The van der Waals surface area contributed by atoms with Gasteiger partial charge in [-0.2, -0.15) is 13.2 Å². The van der Waals surface area contributed by atoms with Gasteiger partial charge < -0.3 is 15.2 Å². The van der Waals surface area contributed by atoms with Crippen molar-refractivity contribution < 1.29 is 27.8 Å². The summed E-state index contributed by atoms with van der Waals surface area (Å²) in [6.45, 7) is 4.02. The summed E-state index contributed by atoms with van der Waals surface area (Å²) >= 11 is 0. The van der Waals surface area contributed by atoms with Gasteiger partial charge in [-0.25, -0.2) is 4.79 Å². The van der Waals surface area contributed by atoms with E-state index in [1.165, 1.54) is 0 Å². The summed E-state index contributed by atoms with van der Waals surface area (Å²) in [5.41, 5.74) is -0.747. The van der Waals surface area contributed by atoms with Gasteiger partial charge in [0.1, 0.15) is 5.60 Å². The van der Waals surface area contributed by atoms with Crippen molar-refractivity contribution in [3.63, 3.8) is 0 Å². The molecule has 1 amide bonds. The predicted octanol–water partition coefficient (Wildman–Crippen LogP) is 2.46. The van der Waals surface area contributed by atoms with Crippen LogP contribution in [0.1, 0.15) is 33.6 Å². The summed E-state index contributed by atoms with van der Waals surface area (Å²) in [5.74, 6) is -1.67. The van der Waals surface area contributed by atoms with Crippen molar-refractivity contribution in [3.05, 3.63) is 0 Å². The average molecular weight is 271 g/mol. The fourth-order valence-corrected chi connectivity index (χ4v) is 1.24. The lowest BCUT2D eigenvalue weighted by atomic mass is 10.0. The number of halogens is 3. The number of nitrogens with one attached hydrogen (secondary N) is 1. The van der Waals surface area contributed by atoms with E-state index < -0.39 is 30.3 Å². The standard InChI is InChI=1S/C11H20F3NO3/c1-10(2,3)18-9(17)15-7-8(5-4-6-16)11(12,13)14/h8,16H,4-7H2,1-3H3,(H,15,17). The zero-order valence-corrected chi connectivity index (χ0v) is 10.8. The molecule has 1 unspecified atom stereocenters. The number of alkyl halides is 3. The third kappa shape index (κ3) is 8.16. The zero-order chi connectivity index (χ0) is 14.4. The molecule has 108 valence electrons. The summed E-state index contributed by atoms with van der Waals surface area (Å²) < 4.78 is 42.5. The summed E-state index contributed by atoms with van der Waals surface area (Å²) in [5, 5.41) is 10.6. The van der Waals surface area contributed by atoms with Crippen LogP contribution in [0, 0.1) is 5.92 Å². The van der Waals surface area contributed by atoms with Crippen LogP contribution in [0.4, 0.5) is 18.0 Å². The van der Waals surface area contributed by atoms with Crippen molar-refractivity contribution in [1.29, 1.82) is 0 Å². The Labute approximate surface area is 105 Å². The number of aliphatic hydroxyl groups is 1. The Kier molecular flexibility index (Phi) is 6.45. The lowest BCUT2D eigenvalue weighted by Crippen LogP contribution is -2.39. The Morgan fingerprint density at radius 3 is 2.28 bits per heavy atom. The van der Waals surface area contributed by atoms with Crippen LogP contribution in [0.3, 0.4) is 0 Å². The van der Waals surface area contributed by atoms with Crippen LogP contribution in [0.25, 0.3) is 0 Å². The molecule has 0 aromatic carbocycles. The van der Waals surface area contributed by atoms with Gasteiger partial charge in [0.25, 0.3) is 0 Å². The second-order valence-corrected chi connectivity index (χ2v) is 4.99. The Morgan fingerprint density at radius 2 is 1.89 bits per heavy atom. The van der Waals surface area contributed by atoms with E-state index in [4.69, 9.17) is 9.84 Å². The number of amides is 1. The van der Waals surface area contributed by atoms with E-state index in [1.807, 2.05) is 0 Å². The van der Waals surface area contributed by atoms with E-state index in [9.17, 15) is 18.0 Å². The Balaban J connectivity index is 4.22. The molecule has 1 atom stereocenters. The maximum atomic E-state index is 12.6. The third-order valence-corrected chi connectivity index (χ3v) is 2.07. The summed E-state index contributed by atoms with van der Waals surface area (Å²) in [6, 6.07) is 0. The quantitative estimate of drug-likeness (QED) is 0.807. The molecule has 0 spiro atoms. The molecule has 0 aliphatic carbocycles. The molecule has 18 heavy (non-hydrogen) atoms. The molecule has 0 heterocycles. The SMILES string of the molecule is CC(C)(C)OC(=O)NCC(CCCO)C(F)(F)F. The van der Waals surface area contributed by atoms with Gasteiger partial charge in [0.2, 0.25) is 0 Å². The number of hydrogen-bond acceptors (Lipinski definition) is 3. The lowest BCUT2D eigenvalue weighted by molar-refractivity contribution is -0.175. The molecular weight excluding hydrogens is 251 g/mol. The molecule has 0 rings (SSSR count). The van der Waals surface area contributed by atoms with Gasteiger partial charge in [0.05, 0.1) is 5.92 Å². The normalized spacial score (nSPS) is 14.2. The van der Waals surface area contributed by atoms with Crippen molar-refractivity contribution in [2.75, 3.05) is 13.2 Å². The number of alkyl carbamates (subject to hydrolysis) is 1. The fourth-order valence-electron chi connectivity index (χ4n) is 1.24. The zero-order valence-electron chi connectivity index (χ0n) is 10.8. The van der Waals surface area contributed by atoms with Crippen LogP contribution in [0.5, 0.6) is 0 Å². The van der Waals surface area contributed by atoms with Crippen LogP contribution in [0.2, 0.25) is 0 Å². The molecule has 0 radical (unpaired) electrons. The minimum atomic E-state index is -4.40. The van der Waals surface area contributed by atoms with Crippen LogP contribution >= 0.6 is 0 Å². The van der Waals surface area contributed by atoms with Gasteiger partial charge >= 0.3 is 12.3 Å². The summed E-state index contributed by atoms with van der Waals surface area (Å²) in [6.07, 6.45) is -5.46. The molecular formula is C11H20F3NO3. The van der Waals surface area contributed by atoms with E-state index in [-0.39, 0.29) is 19.4 Å². The number of ether oxygens (including phenoxy) is 1. The molecule has 7 heteroatoms. The maximum Gasteiger partial charge on any atom is 0.407 e. The maximum absolute atomic E-state index is 12.6. The van der Waals surface area contributed by atoms with Crippen molar-refractivity contribution >= 4 is 6.09 Å². The lowest BCUT2D eigenvalue weighted by Gasteiger charge is -2.23. The highest BCUT2D eigenvalue weighted by Crippen LogP contribution is 2.29. The molecule has 0 bridgehead atoms. The highest BCUT2D eigenvalue weighted by Gasteiger charge is 2.39. The van der Waals surface area contributed by atoms with E-state index in [1.54, 1.807) is 20.8 Å². The first-order valence-corrected chi connectivity index (χ1v) is 5.70.